The minimum Gasteiger partial charge on any atom is -0.496 e. The van der Waals surface area contributed by atoms with Crippen molar-refractivity contribution >= 4 is 29.0 Å². The Labute approximate surface area is 168 Å². The van der Waals surface area contributed by atoms with E-state index in [-0.39, 0.29) is 12.5 Å². The van der Waals surface area contributed by atoms with E-state index in [1.807, 2.05) is 30.3 Å². The summed E-state index contributed by atoms with van der Waals surface area (Å²) in [6, 6.07) is 18.2. The van der Waals surface area contributed by atoms with Crippen LogP contribution in [-0.2, 0) is 11.3 Å². The van der Waals surface area contributed by atoms with Gasteiger partial charge in [0, 0.05) is 17.1 Å². The van der Waals surface area contributed by atoms with E-state index in [9.17, 15) is 4.79 Å². The number of anilines is 2. The summed E-state index contributed by atoms with van der Waals surface area (Å²) in [5.41, 5.74) is 1.88. The Morgan fingerprint density at radius 1 is 1.07 bits per heavy atom. The van der Waals surface area contributed by atoms with Crippen LogP contribution in [0.1, 0.15) is 5.56 Å². The number of nitrogens with zero attached hydrogens (tertiary/aromatic N) is 1. The van der Waals surface area contributed by atoms with Gasteiger partial charge in [0.05, 0.1) is 19.0 Å². The second kappa shape index (κ2) is 9.62. The number of para-hydroxylation sites is 1. The van der Waals surface area contributed by atoms with Gasteiger partial charge in [0.25, 0.3) is 5.91 Å². The molecule has 2 N–H and O–H groups in total. The molecule has 0 aliphatic rings. The van der Waals surface area contributed by atoms with Crippen molar-refractivity contribution < 1.29 is 14.3 Å². The molecule has 0 unspecified atom stereocenters. The quantitative estimate of drug-likeness (QED) is 0.590. The number of nitrogens with one attached hydrogen (secondary N) is 2. The smallest absolute Gasteiger partial charge is 0.263 e. The van der Waals surface area contributed by atoms with Gasteiger partial charge in [-0.1, -0.05) is 29.8 Å². The predicted molar refractivity (Wildman–Crippen MR) is 110 cm³/mol. The van der Waals surface area contributed by atoms with Gasteiger partial charge in [0.1, 0.15) is 17.3 Å². The number of pyridine rings is 1. The van der Waals surface area contributed by atoms with Crippen LogP contribution in [0.4, 0.5) is 11.5 Å². The van der Waals surface area contributed by atoms with Gasteiger partial charge in [0.15, 0.2) is 6.61 Å². The molecule has 7 heteroatoms. The highest BCUT2D eigenvalue weighted by atomic mass is 35.5. The summed E-state index contributed by atoms with van der Waals surface area (Å²) in [5.74, 6) is 1.56. The molecule has 144 valence electrons. The van der Waals surface area contributed by atoms with Crippen LogP contribution in [0, 0.1) is 0 Å². The molecular weight excluding hydrogens is 378 g/mol. The lowest BCUT2D eigenvalue weighted by Crippen LogP contribution is -2.20. The second-order valence-electron chi connectivity index (χ2n) is 5.89. The van der Waals surface area contributed by atoms with Gasteiger partial charge in [-0.2, -0.15) is 0 Å². The van der Waals surface area contributed by atoms with Crippen molar-refractivity contribution in [2.45, 2.75) is 6.54 Å². The van der Waals surface area contributed by atoms with Crippen LogP contribution in [0.2, 0.25) is 5.02 Å². The van der Waals surface area contributed by atoms with E-state index < -0.39 is 0 Å². The fourth-order valence-electron chi connectivity index (χ4n) is 2.48. The zero-order valence-corrected chi connectivity index (χ0v) is 16.1. The molecule has 1 aromatic heterocycles. The molecule has 1 heterocycles. The summed E-state index contributed by atoms with van der Waals surface area (Å²) in [5, 5.41) is 6.58. The average Bonchev–Trinajstić information content (AvgIpc) is 2.73. The second-order valence-corrected chi connectivity index (χ2v) is 6.32. The van der Waals surface area contributed by atoms with E-state index in [0.717, 1.165) is 17.0 Å². The maximum Gasteiger partial charge on any atom is 0.263 e. The molecule has 0 spiro atoms. The standard InChI is InChI=1S/C21H20ClN3O3/c1-27-19-5-3-2-4-15(19)12-23-17-8-11-20(24-13-17)25-21(26)14-28-18-9-6-16(22)7-10-18/h2-11,13,23H,12,14H2,1H3,(H,24,25,26). The van der Waals surface area contributed by atoms with Crippen LogP contribution in [0.5, 0.6) is 11.5 Å². The largest absolute Gasteiger partial charge is 0.496 e. The van der Waals surface area contributed by atoms with Gasteiger partial charge < -0.3 is 20.1 Å². The van der Waals surface area contributed by atoms with Crippen molar-refractivity contribution in [2.24, 2.45) is 0 Å². The maximum atomic E-state index is 12.0. The number of benzene rings is 2. The number of rotatable bonds is 8. The molecule has 3 aromatic rings. The highest BCUT2D eigenvalue weighted by Crippen LogP contribution is 2.19. The maximum absolute atomic E-state index is 12.0. The minimum atomic E-state index is -0.294. The number of hydrogen-bond donors (Lipinski definition) is 2. The summed E-state index contributed by atoms with van der Waals surface area (Å²) >= 11 is 5.81. The summed E-state index contributed by atoms with van der Waals surface area (Å²) in [7, 11) is 1.65. The fourth-order valence-corrected chi connectivity index (χ4v) is 2.60. The Morgan fingerprint density at radius 3 is 2.57 bits per heavy atom. The van der Waals surface area contributed by atoms with Crippen LogP contribution in [-0.4, -0.2) is 24.6 Å². The molecule has 2 aromatic carbocycles. The van der Waals surface area contributed by atoms with Crippen LogP contribution in [0.15, 0.2) is 66.9 Å². The molecular formula is C21H20ClN3O3. The minimum absolute atomic E-state index is 0.114. The monoisotopic (exact) mass is 397 g/mol. The summed E-state index contributed by atoms with van der Waals surface area (Å²) < 4.78 is 10.7. The van der Waals surface area contributed by atoms with Crippen molar-refractivity contribution in [1.29, 1.82) is 0 Å². The van der Waals surface area contributed by atoms with Crippen molar-refractivity contribution in [2.75, 3.05) is 24.4 Å². The van der Waals surface area contributed by atoms with E-state index in [2.05, 4.69) is 15.6 Å². The molecule has 0 radical (unpaired) electrons. The van der Waals surface area contributed by atoms with Gasteiger partial charge in [-0.3, -0.25) is 4.79 Å². The highest BCUT2D eigenvalue weighted by molar-refractivity contribution is 6.30. The molecule has 0 atom stereocenters. The van der Waals surface area contributed by atoms with Crippen LogP contribution < -0.4 is 20.1 Å². The number of methoxy groups -OCH3 is 1. The predicted octanol–water partition coefficient (Wildman–Crippen LogP) is 4.37. The fraction of sp³-hybridized carbons (Fsp3) is 0.143. The first-order chi connectivity index (χ1) is 13.6. The summed E-state index contributed by atoms with van der Waals surface area (Å²) in [6.45, 7) is 0.490. The molecule has 0 saturated heterocycles. The van der Waals surface area contributed by atoms with Gasteiger partial charge >= 0.3 is 0 Å². The first-order valence-electron chi connectivity index (χ1n) is 8.64. The van der Waals surface area contributed by atoms with Gasteiger partial charge in [-0.05, 0) is 42.5 Å². The Balaban J connectivity index is 1.48. The summed E-state index contributed by atoms with van der Waals surface area (Å²) in [4.78, 5) is 16.2. The molecule has 1 amide bonds. The molecule has 6 nitrogen and oxygen atoms in total. The van der Waals surface area contributed by atoms with E-state index in [1.165, 1.54) is 0 Å². The SMILES string of the molecule is COc1ccccc1CNc1ccc(NC(=O)COc2ccc(Cl)cc2)nc1. The number of ether oxygens (including phenoxy) is 2. The Kier molecular flexibility index (Phi) is 6.70. The van der Waals surface area contributed by atoms with Crippen LogP contribution in [0.3, 0.4) is 0 Å². The number of carbonyl (C=O) groups excluding carboxylic acids is 1. The number of aromatic nitrogens is 1. The third-order valence-electron chi connectivity index (χ3n) is 3.89. The lowest BCUT2D eigenvalue weighted by atomic mass is 10.2. The van der Waals surface area contributed by atoms with E-state index >= 15 is 0 Å². The van der Waals surface area contributed by atoms with Crippen LogP contribution in [0.25, 0.3) is 0 Å². The van der Waals surface area contributed by atoms with E-state index in [4.69, 9.17) is 21.1 Å². The first kappa shape index (κ1) is 19.5. The zero-order chi connectivity index (χ0) is 19.8. The van der Waals surface area contributed by atoms with Crippen molar-refractivity contribution in [3.63, 3.8) is 0 Å². The first-order valence-corrected chi connectivity index (χ1v) is 9.02. The van der Waals surface area contributed by atoms with E-state index in [1.54, 1.807) is 43.6 Å². The Bertz CT molecular complexity index is 915. The molecule has 0 fully saturated rings. The van der Waals surface area contributed by atoms with Gasteiger partial charge in [0.2, 0.25) is 0 Å². The average molecular weight is 398 g/mol. The third kappa shape index (κ3) is 5.62. The number of carbonyl (C=O) groups is 1. The highest BCUT2D eigenvalue weighted by Gasteiger charge is 2.06. The Morgan fingerprint density at radius 2 is 1.86 bits per heavy atom. The van der Waals surface area contributed by atoms with Gasteiger partial charge in [-0.25, -0.2) is 4.98 Å². The lowest BCUT2D eigenvalue weighted by Gasteiger charge is -2.11. The number of halogens is 1. The molecule has 0 aliphatic heterocycles. The Hall–Kier alpha value is -3.25. The normalized spacial score (nSPS) is 10.2. The molecule has 0 saturated carbocycles. The van der Waals surface area contributed by atoms with Crippen LogP contribution >= 0.6 is 11.6 Å². The van der Waals surface area contributed by atoms with Crippen molar-refractivity contribution in [3.8, 4) is 11.5 Å². The zero-order valence-electron chi connectivity index (χ0n) is 15.3. The van der Waals surface area contributed by atoms with Gasteiger partial charge in [-0.15, -0.1) is 0 Å². The lowest BCUT2D eigenvalue weighted by molar-refractivity contribution is -0.118. The molecule has 3 rings (SSSR count). The topological polar surface area (TPSA) is 72.5 Å². The van der Waals surface area contributed by atoms with Crippen molar-refractivity contribution in [1.82, 2.24) is 4.98 Å². The number of amides is 1. The molecule has 0 bridgehead atoms. The van der Waals surface area contributed by atoms with E-state index in [0.29, 0.717) is 23.1 Å². The number of hydrogen-bond acceptors (Lipinski definition) is 5. The third-order valence-corrected chi connectivity index (χ3v) is 4.14. The summed E-state index contributed by atoms with van der Waals surface area (Å²) in [6.07, 6.45) is 1.66. The molecule has 0 aliphatic carbocycles. The van der Waals surface area contributed by atoms with Crippen molar-refractivity contribution in [3.05, 3.63) is 77.4 Å². The molecule has 28 heavy (non-hydrogen) atoms.